The summed E-state index contributed by atoms with van der Waals surface area (Å²) in [5, 5.41) is 19.4. The Morgan fingerprint density at radius 1 is 1.50 bits per heavy atom. The average Bonchev–Trinajstić information content (AvgIpc) is 2.96. The van der Waals surface area contributed by atoms with Gasteiger partial charge in [0.25, 0.3) is 5.69 Å². The first-order chi connectivity index (χ1) is 6.74. The van der Waals surface area contributed by atoms with Gasteiger partial charge in [0, 0.05) is 6.07 Å². The molecule has 0 radical (unpaired) electrons. The molecule has 1 fully saturated rings. The number of hydrogen-bond acceptors (Lipinski definition) is 4. The van der Waals surface area contributed by atoms with Gasteiger partial charge in [-0.1, -0.05) is 12.1 Å². The lowest BCUT2D eigenvalue weighted by molar-refractivity contribution is -0.385. The number of aliphatic hydroxyl groups excluding tert-OH is 1. The lowest BCUT2D eigenvalue weighted by Crippen LogP contribution is -1.98. The lowest BCUT2D eigenvalue weighted by Gasteiger charge is -1.97. The molecular weight excluding hydrogens is 186 g/mol. The standard InChI is InChI=1S/C9H9NO4/c11-5-8-9(14-8)6-3-1-2-4-7(6)10(12)13/h1-4,8-9,11H,5H2. The molecule has 2 atom stereocenters. The Morgan fingerprint density at radius 3 is 2.79 bits per heavy atom. The van der Waals surface area contributed by atoms with Crippen LogP contribution >= 0.6 is 0 Å². The van der Waals surface area contributed by atoms with Crippen molar-refractivity contribution in [2.75, 3.05) is 6.61 Å². The van der Waals surface area contributed by atoms with Gasteiger partial charge < -0.3 is 9.84 Å². The Balaban J connectivity index is 2.29. The van der Waals surface area contributed by atoms with Crippen molar-refractivity contribution in [2.45, 2.75) is 12.2 Å². The number of nitro groups is 1. The minimum Gasteiger partial charge on any atom is -0.394 e. The number of epoxide rings is 1. The maximum atomic E-state index is 10.6. The van der Waals surface area contributed by atoms with Crippen molar-refractivity contribution >= 4 is 5.69 Å². The van der Waals surface area contributed by atoms with Gasteiger partial charge in [0.2, 0.25) is 0 Å². The molecule has 1 aliphatic heterocycles. The minimum absolute atomic E-state index is 0.0495. The summed E-state index contributed by atoms with van der Waals surface area (Å²) >= 11 is 0. The highest BCUT2D eigenvalue weighted by molar-refractivity contribution is 5.43. The fraction of sp³-hybridized carbons (Fsp3) is 0.333. The molecule has 0 amide bonds. The van der Waals surface area contributed by atoms with Crippen molar-refractivity contribution in [3.05, 3.63) is 39.9 Å². The predicted octanol–water partition coefficient (Wildman–Crippen LogP) is 1.03. The van der Waals surface area contributed by atoms with E-state index in [0.717, 1.165) is 0 Å². The van der Waals surface area contributed by atoms with Crippen molar-refractivity contribution in [1.29, 1.82) is 0 Å². The number of aliphatic hydroxyl groups is 1. The molecule has 0 saturated carbocycles. The van der Waals surface area contributed by atoms with Gasteiger partial charge in [-0.05, 0) is 6.07 Å². The van der Waals surface area contributed by atoms with Gasteiger partial charge in [-0.2, -0.15) is 0 Å². The third-order valence-electron chi connectivity index (χ3n) is 2.20. The molecular formula is C9H9NO4. The Bertz CT molecular complexity index is 366. The average molecular weight is 195 g/mol. The van der Waals surface area contributed by atoms with E-state index in [4.69, 9.17) is 9.84 Å². The maximum Gasteiger partial charge on any atom is 0.275 e. The van der Waals surface area contributed by atoms with Gasteiger partial charge in [0.1, 0.15) is 12.2 Å². The predicted molar refractivity (Wildman–Crippen MR) is 47.8 cm³/mol. The van der Waals surface area contributed by atoms with E-state index in [1.807, 2.05) is 0 Å². The Kier molecular flexibility index (Phi) is 2.18. The van der Waals surface area contributed by atoms with Crippen molar-refractivity contribution in [3.63, 3.8) is 0 Å². The summed E-state index contributed by atoms with van der Waals surface area (Å²) < 4.78 is 5.09. The number of rotatable bonds is 3. The van der Waals surface area contributed by atoms with Crippen LogP contribution in [0.15, 0.2) is 24.3 Å². The van der Waals surface area contributed by atoms with Crippen LogP contribution in [0.2, 0.25) is 0 Å². The third kappa shape index (κ3) is 1.47. The largest absolute Gasteiger partial charge is 0.394 e. The molecule has 0 spiro atoms. The SMILES string of the molecule is O=[N+]([O-])c1ccccc1C1OC1CO. The second kappa shape index (κ2) is 3.36. The zero-order valence-corrected chi connectivity index (χ0v) is 7.29. The van der Waals surface area contributed by atoms with E-state index in [1.165, 1.54) is 6.07 Å². The Hall–Kier alpha value is -1.46. The highest BCUT2D eigenvalue weighted by Crippen LogP contribution is 2.42. The molecule has 0 aromatic heterocycles. The van der Waals surface area contributed by atoms with Crippen LogP contribution in [0.3, 0.4) is 0 Å². The van der Waals surface area contributed by atoms with E-state index >= 15 is 0 Å². The van der Waals surface area contributed by atoms with Crippen LogP contribution in [0, 0.1) is 10.1 Å². The molecule has 1 heterocycles. The van der Waals surface area contributed by atoms with Crippen molar-refractivity contribution in [2.24, 2.45) is 0 Å². The molecule has 2 rings (SSSR count). The van der Waals surface area contributed by atoms with Crippen molar-refractivity contribution in [3.8, 4) is 0 Å². The number of hydrogen-bond donors (Lipinski definition) is 1. The maximum absolute atomic E-state index is 10.6. The van der Waals surface area contributed by atoms with E-state index in [9.17, 15) is 10.1 Å². The second-order valence-corrected chi connectivity index (χ2v) is 3.09. The number of benzene rings is 1. The molecule has 1 saturated heterocycles. The first-order valence-electron chi connectivity index (χ1n) is 4.23. The first-order valence-corrected chi connectivity index (χ1v) is 4.23. The molecule has 1 aromatic carbocycles. The van der Waals surface area contributed by atoms with Gasteiger partial charge in [-0.3, -0.25) is 10.1 Å². The van der Waals surface area contributed by atoms with Crippen LogP contribution in [0.25, 0.3) is 0 Å². The fourth-order valence-electron chi connectivity index (χ4n) is 1.45. The monoisotopic (exact) mass is 195 g/mol. The zero-order valence-electron chi connectivity index (χ0n) is 7.29. The van der Waals surface area contributed by atoms with E-state index < -0.39 is 4.92 Å². The van der Waals surface area contributed by atoms with Gasteiger partial charge in [0.15, 0.2) is 0 Å². The fourth-order valence-corrected chi connectivity index (χ4v) is 1.45. The minimum atomic E-state index is -0.439. The molecule has 0 aliphatic carbocycles. The van der Waals surface area contributed by atoms with Crippen LogP contribution < -0.4 is 0 Å². The summed E-state index contributed by atoms with van der Waals surface area (Å²) in [5.74, 6) is 0. The number of ether oxygens (including phenoxy) is 1. The highest BCUT2D eigenvalue weighted by atomic mass is 16.6. The molecule has 0 bridgehead atoms. The highest BCUT2D eigenvalue weighted by Gasteiger charge is 2.42. The Morgan fingerprint density at radius 2 is 2.21 bits per heavy atom. The second-order valence-electron chi connectivity index (χ2n) is 3.09. The molecule has 5 heteroatoms. The number of nitrogens with zero attached hydrogens (tertiary/aromatic N) is 1. The van der Waals surface area contributed by atoms with E-state index in [2.05, 4.69) is 0 Å². The summed E-state index contributed by atoms with van der Waals surface area (Å²) in [5.41, 5.74) is 0.588. The van der Waals surface area contributed by atoms with Gasteiger partial charge in [-0.15, -0.1) is 0 Å². The quantitative estimate of drug-likeness (QED) is 0.444. The van der Waals surface area contributed by atoms with Crippen LogP contribution in [-0.2, 0) is 4.74 Å². The van der Waals surface area contributed by atoms with Crippen molar-refractivity contribution in [1.82, 2.24) is 0 Å². The summed E-state index contributed by atoms with van der Waals surface area (Å²) in [7, 11) is 0. The Labute approximate surface area is 80.1 Å². The lowest BCUT2D eigenvalue weighted by atomic mass is 10.1. The van der Waals surface area contributed by atoms with Crippen LogP contribution in [0.4, 0.5) is 5.69 Å². The van der Waals surface area contributed by atoms with Gasteiger partial charge in [0.05, 0.1) is 17.1 Å². The van der Waals surface area contributed by atoms with Crippen LogP contribution in [0.1, 0.15) is 11.7 Å². The topological polar surface area (TPSA) is 75.9 Å². The normalized spacial score (nSPS) is 24.6. The summed E-state index contributed by atoms with van der Waals surface area (Å²) in [6, 6.07) is 6.42. The molecule has 1 aliphatic rings. The zero-order chi connectivity index (χ0) is 10.1. The summed E-state index contributed by atoms with van der Waals surface area (Å²) in [6.45, 7) is -0.100. The van der Waals surface area contributed by atoms with Crippen molar-refractivity contribution < 1.29 is 14.8 Å². The number of para-hydroxylation sites is 1. The number of nitro benzene ring substituents is 1. The molecule has 74 valence electrons. The molecule has 14 heavy (non-hydrogen) atoms. The molecule has 1 aromatic rings. The van der Waals surface area contributed by atoms with Gasteiger partial charge in [-0.25, -0.2) is 0 Å². The van der Waals surface area contributed by atoms with E-state index in [0.29, 0.717) is 5.56 Å². The summed E-state index contributed by atoms with van der Waals surface area (Å²) in [4.78, 5) is 10.2. The molecule has 5 nitrogen and oxygen atoms in total. The molecule has 2 unspecified atom stereocenters. The van der Waals surface area contributed by atoms with Crippen LogP contribution in [0.5, 0.6) is 0 Å². The van der Waals surface area contributed by atoms with Gasteiger partial charge >= 0.3 is 0 Å². The molecule has 1 N–H and O–H groups in total. The third-order valence-corrected chi connectivity index (χ3v) is 2.20. The van der Waals surface area contributed by atoms with E-state index in [-0.39, 0.29) is 24.5 Å². The smallest absolute Gasteiger partial charge is 0.275 e. The van der Waals surface area contributed by atoms with E-state index in [1.54, 1.807) is 18.2 Å². The summed E-state index contributed by atoms with van der Waals surface area (Å²) in [6.07, 6.45) is -0.599. The first kappa shape index (κ1) is 9.11. The van der Waals surface area contributed by atoms with Crippen LogP contribution in [-0.4, -0.2) is 22.7 Å².